The van der Waals surface area contributed by atoms with Crippen LogP contribution in [0.25, 0.3) is 0 Å². The zero-order chi connectivity index (χ0) is 25.5. The fourth-order valence-corrected chi connectivity index (χ4v) is 5.04. The number of methoxy groups -OCH3 is 1. The second-order valence-electron chi connectivity index (χ2n) is 8.09. The molecule has 1 aliphatic heterocycles. The van der Waals surface area contributed by atoms with Gasteiger partial charge in [-0.3, -0.25) is 19.8 Å². The normalized spacial score (nSPS) is 18.4. The number of primary sulfonamides is 1. The van der Waals surface area contributed by atoms with Crippen LogP contribution in [0.15, 0.2) is 76.1 Å². The molecule has 182 valence electrons. The zero-order valence-corrected chi connectivity index (χ0v) is 19.4. The predicted octanol–water partition coefficient (Wildman–Crippen LogP) is 2.20. The van der Waals surface area contributed by atoms with Crippen LogP contribution in [-0.4, -0.2) is 32.2 Å². The summed E-state index contributed by atoms with van der Waals surface area (Å²) in [6, 6.07) is 11.2. The Morgan fingerprint density at radius 2 is 1.86 bits per heavy atom. The lowest BCUT2D eigenvalue weighted by Gasteiger charge is -2.40. The van der Waals surface area contributed by atoms with Gasteiger partial charge in [-0.2, -0.15) is 0 Å². The van der Waals surface area contributed by atoms with Crippen LogP contribution in [0.1, 0.15) is 30.7 Å². The van der Waals surface area contributed by atoms with Crippen LogP contribution in [0, 0.1) is 10.1 Å². The van der Waals surface area contributed by atoms with Gasteiger partial charge in [0.1, 0.15) is 5.82 Å². The average Bonchev–Trinajstić information content (AvgIpc) is 2.82. The van der Waals surface area contributed by atoms with Crippen molar-refractivity contribution in [3.63, 3.8) is 0 Å². The molecule has 1 atom stereocenters. The number of benzene rings is 2. The SMILES string of the molecule is COC(=O)C1=C(N)N(c2ccc(S(N)(=O)=O)cc2)C2=C(C(=O)CCC2)[C@H]1c1cccc([N+](=O)[O-])c1. The van der Waals surface area contributed by atoms with Crippen molar-refractivity contribution in [3.05, 3.63) is 86.9 Å². The van der Waals surface area contributed by atoms with Crippen molar-refractivity contribution in [3.8, 4) is 0 Å². The first kappa shape index (κ1) is 24.1. The van der Waals surface area contributed by atoms with Gasteiger partial charge in [-0.15, -0.1) is 0 Å². The van der Waals surface area contributed by atoms with E-state index in [1.165, 1.54) is 54.5 Å². The molecule has 0 saturated carbocycles. The van der Waals surface area contributed by atoms with E-state index >= 15 is 0 Å². The number of nitrogens with two attached hydrogens (primary N) is 2. The largest absolute Gasteiger partial charge is 0.466 e. The van der Waals surface area contributed by atoms with Crippen LogP contribution < -0.4 is 15.8 Å². The number of hydrogen-bond donors (Lipinski definition) is 2. The van der Waals surface area contributed by atoms with Gasteiger partial charge in [-0.05, 0) is 42.7 Å². The van der Waals surface area contributed by atoms with Crippen LogP contribution >= 0.6 is 0 Å². The molecule has 0 amide bonds. The first-order chi connectivity index (χ1) is 16.5. The van der Waals surface area contributed by atoms with Gasteiger partial charge < -0.3 is 10.5 Å². The summed E-state index contributed by atoms with van der Waals surface area (Å²) in [6.07, 6.45) is 1.21. The van der Waals surface area contributed by atoms with Gasteiger partial charge in [0.2, 0.25) is 10.0 Å². The Morgan fingerprint density at radius 3 is 2.46 bits per heavy atom. The third-order valence-electron chi connectivity index (χ3n) is 6.04. The first-order valence-corrected chi connectivity index (χ1v) is 12.1. The minimum Gasteiger partial charge on any atom is -0.466 e. The Labute approximate surface area is 200 Å². The maximum atomic E-state index is 13.2. The van der Waals surface area contributed by atoms with Gasteiger partial charge in [-0.1, -0.05) is 12.1 Å². The molecule has 4 N–H and O–H groups in total. The van der Waals surface area contributed by atoms with Crippen molar-refractivity contribution < 1.29 is 27.7 Å². The second kappa shape index (κ2) is 8.96. The number of nitro groups is 1. The van der Waals surface area contributed by atoms with Crippen LogP contribution in [0.4, 0.5) is 11.4 Å². The maximum absolute atomic E-state index is 13.2. The van der Waals surface area contributed by atoms with Crippen LogP contribution in [-0.2, 0) is 24.3 Å². The molecule has 2 aromatic rings. The number of esters is 1. The van der Waals surface area contributed by atoms with Crippen LogP contribution in [0.3, 0.4) is 0 Å². The molecule has 0 aromatic heterocycles. The number of hydrogen-bond acceptors (Lipinski definition) is 9. The topological polar surface area (TPSA) is 176 Å². The highest BCUT2D eigenvalue weighted by atomic mass is 32.2. The van der Waals surface area contributed by atoms with E-state index in [1.54, 1.807) is 6.07 Å². The number of carbonyl (C=O) groups is 2. The molecule has 0 saturated heterocycles. The lowest BCUT2D eigenvalue weighted by atomic mass is 9.75. The Morgan fingerprint density at radius 1 is 1.17 bits per heavy atom. The molecule has 4 rings (SSSR count). The van der Waals surface area contributed by atoms with E-state index < -0.39 is 26.8 Å². The van der Waals surface area contributed by atoms with Crippen molar-refractivity contribution >= 4 is 33.2 Å². The van der Waals surface area contributed by atoms with E-state index in [9.17, 15) is 28.1 Å². The number of nitrogens with zero attached hydrogens (tertiary/aromatic N) is 2. The number of sulfonamides is 1. The second-order valence-corrected chi connectivity index (χ2v) is 9.65. The Kier molecular flexibility index (Phi) is 6.17. The average molecular weight is 499 g/mol. The van der Waals surface area contributed by atoms with Crippen LogP contribution in [0.2, 0.25) is 0 Å². The molecule has 12 heteroatoms. The molecular weight excluding hydrogens is 476 g/mol. The molecule has 35 heavy (non-hydrogen) atoms. The molecule has 0 radical (unpaired) electrons. The van der Waals surface area contributed by atoms with E-state index in [-0.39, 0.29) is 34.2 Å². The highest BCUT2D eigenvalue weighted by Crippen LogP contribution is 2.47. The van der Waals surface area contributed by atoms with Crippen molar-refractivity contribution in [1.82, 2.24) is 0 Å². The summed E-state index contributed by atoms with van der Waals surface area (Å²) < 4.78 is 28.3. The molecule has 0 spiro atoms. The summed E-state index contributed by atoms with van der Waals surface area (Å²) in [4.78, 5) is 38.4. The Bertz CT molecular complexity index is 1410. The van der Waals surface area contributed by atoms with Crippen LogP contribution in [0.5, 0.6) is 0 Å². The fraction of sp³-hybridized carbons (Fsp3) is 0.217. The molecule has 0 fully saturated rings. The lowest BCUT2D eigenvalue weighted by molar-refractivity contribution is -0.384. The van der Waals surface area contributed by atoms with Gasteiger partial charge in [0.05, 0.1) is 28.4 Å². The molecule has 0 unspecified atom stereocenters. The summed E-state index contributed by atoms with van der Waals surface area (Å²) in [5.41, 5.74) is 7.87. The number of nitro benzene ring substituents is 1. The van der Waals surface area contributed by atoms with E-state index in [0.29, 0.717) is 35.4 Å². The van der Waals surface area contributed by atoms with Crippen molar-refractivity contribution in [2.75, 3.05) is 12.0 Å². The van der Waals surface area contributed by atoms with E-state index in [4.69, 9.17) is 15.6 Å². The van der Waals surface area contributed by atoms with Gasteiger partial charge in [-0.25, -0.2) is 18.4 Å². The Hall–Kier alpha value is -4.03. The number of allylic oxidation sites excluding steroid dienone is 2. The summed E-state index contributed by atoms with van der Waals surface area (Å²) in [5.74, 6) is -2.01. The molecule has 1 heterocycles. The number of ketones is 1. The van der Waals surface area contributed by atoms with E-state index in [0.717, 1.165) is 0 Å². The number of anilines is 1. The first-order valence-electron chi connectivity index (χ1n) is 10.6. The summed E-state index contributed by atoms with van der Waals surface area (Å²) in [5, 5.41) is 16.6. The molecule has 2 aliphatic rings. The van der Waals surface area contributed by atoms with E-state index in [2.05, 4.69) is 0 Å². The monoisotopic (exact) mass is 498 g/mol. The minimum atomic E-state index is -3.94. The molecule has 1 aliphatic carbocycles. The molecule has 11 nitrogen and oxygen atoms in total. The third-order valence-corrected chi connectivity index (χ3v) is 6.97. The number of non-ortho nitro benzene ring substituents is 1. The minimum absolute atomic E-state index is 0.0230. The van der Waals surface area contributed by atoms with Gasteiger partial charge >= 0.3 is 5.97 Å². The Balaban J connectivity index is 1.98. The standard InChI is InChI=1S/C23H22N4O7S/c1-34-23(29)21-19(13-4-2-5-15(12-13)27(30)31)20-17(6-3-7-18(20)28)26(22(21)24)14-8-10-16(11-9-14)35(25,32)33/h2,4-5,8-12,19H,3,6-7,24H2,1H3,(H2,25,32,33)/t19-/m1/s1. The van der Waals surface area contributed by atoms with Gasteiger partial charge in [0.25, 0.3) is 5.69 Å². The van der Waals surface area contributed by atoms with Crippen molar-refractivity contribution in [2.45, 2.75) is 30.1 Å². The number of Topliss-reactive ketones (excluding diaryl/α,β-unsaturated/α-hetero) is 1. The lowest BCUT2D eigenvalue weighted by Crippen LogP contribution is -2.41. The number of ether oxygens (including phenoxy) is 1. The maximum Gasteiger partial charge on any atom is 0.338 e. The zero-order valence-electron chi connectivity index (χ0n) is 18.6. The molecular formula is C23H22N4O7S. The molecule has 2 aromatic carbocycles. The summed E-state index contributed by atoms with van der Waals surface area (Å²) in [6.45, 7) is 0. The molecule has 0 bridgehead atoms. The highest BCUT2D eigenvalue weighted by molar-refractivity contribution is 7.89. The number of carbonyl (C=O) groups excluding carboxylic acids is 2. The van der Waals surface area contributed by atoms with Gasteiger partial charge in [0, 0.05) is 35.5 Å². The highest BCUT2D eigenvalue weighted by Gasteiger charge is 2.43. The smallest absolute Gasteiger partial charge is 0.338 e. The summed E-state index contributed by atoms with van der Waals surface area (Å²) >= 11 is 0. The predicted molar refractivity (Wildman–Crippen MR) is 125 cm³/mol. The summed E-state index contributed by atoms with van der Waals surface area (Å²) in [7, 11) is -2.77. The van der Waals surface area contributed by atoms with Crippen molar-refractivity contribution in [1.29, 1.82) is 0 Å². The number of rotatable bonds is 5. The van der Waals surface area contributed by atoms with E-state index in [1.807, 2.05) is 0 Å². The fourth-order valence-electron chi connectivity index (χ4n) is 4.53. The van der Waals surface area contributed by atoms with Gasteiger partial charge in [0.15, 0.2) is 5.78 Å². The van der Waals surface area contributed by atoms with Crippen molar-refractivity contribution in [2.24, 2.45) is 10.9 Å². The quantitative estimate of drug-likeness (QED) is 0.355. The third kappa shape index (κ3) is 4.29.